The second-order valence-electron chi connectivity index (χ2n) is 6.82. The molecule has 1 atom stereocenters. The van der Waals surface area contributed by atoms with Crippen LogP contribution in [0.5, 0.6) is 5.75 Å². The van der Waals surface area contributed by atoms with Gasteiger partial charge < -0.3 is 15.4 Å². The van der Waals surface area contributed by atoms with Gasteiger partial charge in [-0.3, -0.25) is 9.59 Å². The summed E-state index contributed by atoms with van der Waals surface area (Å²) in [6.45, 7) is 1.42. The maximum absolute atomic E-state index is 12.6. The molecule has 162 valence electrons. The summed E-state index contributed by atoms with van der Waals surface area (Å²) in [4.78, 5) is 29.4. The number of carbonyl (C=O) groups is 2. The van der Waals surface area contributed by atoms with Crippen LogP contribution in [0.4, 0.5) is 5.13 Å². The highest BCUT2D eigenvalue weighted by Crippen LogP contribution is 2.27. The summed E-state index contributed by atoms with van der Waals surface area (Å²) in [5.41, 5.74) is 1.70. The summed E-state index contributed by atoms with van der Waals surface area (Å²) in [7, 11) is 1.58. The second kappa shape index (κ2) is 10.6. The zero-order valence-corrected chi connectivity index (χ0v) is 19.3. The Morgan fingerprint density at radius 1 is 1.16 bits per heavy atom. The Bertz CT molecular complexity index is 1070. The molecule has 0 aliphatic heterocycles. The van der Waals surface area contributed by atoms with E-state index in [2.05, 4.69) is 15.6 Å². The molecular formula is C22H21Cl2N3O3S. The third kappa shape index (κ3) is 6.69. The van der Waals surface area contributed by atoms with Crippen molar-refractivity contribution in [1.82, 2.24) is 10.3 Å². The molecule has 2 N–H and O–H groups in total. The van der Waals surface area contributed by atoms with Gasteiger partial charge in [0.2, 0.25) is 11.8 Å². The summed E-state index contributed by atoms with van der Waals surface area (Å²) >= 11 is 13.6. The molecule has 3 aromatic rings. The predicted molar refractivity (Wildman–Crippen MR) is 124 cm³/mol. The lowest BCUT2D eigenvalue weighted by atomic mass is 10.0. The van der Waals surface area contributed by atoms with Crippen LogP contribution in [0.1, 0.15) is 35.4 Å². The average molecular weight is 478 g/mol. The Hall–Kier alpha value is -2.61. The van der Waals surface area contributed by atoms with Crippen LogP contribution in [0.3, 0.4) is 0 Å². The number of carbonyl (C=O) groups excluding carboxylic acids is 2. The predicted octanol–water partition coefficient (Wildman–Crippen LogP) is 5.26. The van der Waals surface area contributed by atoms with Crippen LogP contribution in [-0.2, 0) is 16.0 Å². The number of nitrogens with one attached hydrogen (secondary N) is 2. The molecule has 0 aliphatic rings. The van der Waals surface area contributed by atoms with Gasteiger partial charge in [-0.25, -0.2) is 4.98 Å². The monoisotopic (exact) mass is 477 g/mol. The number of anilines is 1. The van der Waals surface area contributed by atoms with Crippen LogP contribution >= 0.6 is 34.5 Å². The fourth-order valence-electron chi connectivity index (χ4n) is 3.00. The van der Waals surface area contributed by atoms with E-state index in [1.54, 1.807) is 37.6 Å². The third-order valence-corrected chi connectivity index (χ3v) is 5.97. The number of halogens is 2. The molecule has 2 aromatic carbocycles. The molecule has 0 radical (unpaired) electrons. The van der Waals surface area contributed by atoms with Gasteiger partial charge in [-0.15, -0.1) is 11.3 Å². The first-order valence-electron chi connectivity index (χ1n) is 9.43. The molecule has 0 spiro atoms. The quantitative estimate of drug-likeness (QED) is 0.463. The maximum atomic E-state index is 12.6. The molecule has 1 unspecified atom stereocenters. The zero-order chi connectivity index (χ0) is 22.4. The van der Waals surface area contributed by atoms with Gasteiger partial charge in [0.15, 0.2) is 5.13 Å². The van der Waals surface area contributed by atoms with Crippen molar-refractivity contribution in [2.24, 2.45) is 0 Å². The van der Waals surface area contributed by atoms with E-state index >= 15 is 0 Å². The summed E-state index contributed by atoms with van der Waals surface area (Å²) in [6.07, 6.45) is 2.33. The van der Waals surface area contributed by atoms with Crippen molar-refractivity contribution in [2.75, 3.05) is 12.4 Å². The van der Waals surface area contributed by atoms with Crippen molar-refractivity contribution in [2.45, 2.75) is 25.8 Å². The lowest BCUT2D eigenvalue weighted by Crippen LogP contribution is -2.29. The Morgan fingerprint density at radius 3 is 2.58 bits per heavy atom. The highest BCUT2D eigenvalue weighted by Gasteiger charge is 2.18. The lowest BCUT2D eigenvalue weighted by molar-refractivity contribution is -0.120. The number of ether oxygens (including phenoxy) is 1. The highest BCUT2D eigenvalue weighted by atomic mass is 35.5. The minimum Gasteiger partial charge on any atom is -0.497 e. The minimum absolute atomic E-state index is 0.0704. The largest absolute Gasteiger partial charge is 0.497 e. The molecule has 6 nitrogen and oxygen atoms in total. The third-order valence-electron chi connectivity index (χ3n) is 4.46. The fraction of sp³-hybridized carbons (Fsp3) is 0.227. The lowest BCUT2D eigenvalue weighted by Gasteiger charge is -2.18. The molecule has 1 aromatic heterocycles. The highest BCUT2D eigenvalue weighted by molar-refractivity contribution is 7.15. The molecule has 2 amide bonds. The number of methoxy groups -OCH3 is 1. The standard InChI is InChI=1S/C22H21Cl2N3O3S/c1-13(28)26-20(14-3-6-17(30-2)7-4-14)11-21(29)27-22-25-12-18(31-22)10-15-9-16(23)5-8-19(15)24/h3-9,12,20H,10-11H2,1-2H3,(H,26,28)(H,25,27,29). The van der Waals surface area contributed by atoms with E-state index in [-0.39, 0.29) is 18.2 Å². The Kier molecular flexibility index (Phi) is 7.90. The van der Waals surface area contributed by atoms with Crippen LogP contribution < -0.4 is 15.4 Å². The van der Waals surface area contributed by atoms with E-state index in [0.717, 1.165) is 16.0 Å². The van der Waals surface area contributed by atoms with E-state index in [1.165, 1.54) is 18.3 Å². The SMILES string of the molecule is COc1ccc(C(CC(=O)Nc2ncc(Cc3cc(Cl)ccc3Cl)s2)NC(C)=O)cc1. The second-order valence-corrected chi connectivity index (χ2v) is 8.78. The van der Waals surface area contributed by atoms with Crippen LogP contribution in [0.25, 0.3) is 0 Å². The van der Waals surface area contributed by atoms with Gasteiger partial charge in [0, 0.05) is 34.5 Å². The zero-order valence-electron chi connectivity index (χ0n) is 16.9. The van der Waals surface area contributed by atoms with Crippen molar-refractivity contribution in [3.05, 3.63) is 74.7 Å². The maximum Gasteiger partial charge on any atom is 0.228 e. The minimum atomic E-state index is -0.465. The van der Waals surface area contributed by atoms with Gasteiger partial charge in [0.1, 0.15) is 5.75 Å². The number of amides is 2. The van der Waals surface area contributed by atoms with Crippen molar-refractivity contribution < 1.29 is 14.3 Å². The van der Waals surface area contributed by atoms with E-state index in [1.807, 2.05) is 18.2 Å². The van der Waals surface area contributed by atoms with Crippen molar-refractivity contribution in [1.29, 1.82) is 0 Å². The fourth-order valence-corrected chi connectivity index (χ4v) is 4.23. The molecular weight excluding hydrogens is 457 g/mol. The molecule has 0 saturated heterocycles. The summed E-state index contributed by atoms with van der Waals surface area (Å²) in [5, 5.41) is 7.34. The first-order chi connectivity index (χ1) is 14.8. The molecule has 31 heavy (non-hydrogen) atoms. The van der Waals surface area contributed by atoms with Crippen LogP contribution in [-0.4, -0.2) is 23.9 Å². The number of nitrogens with zero attached hydrogens (tertiary/aromatic N) is 1. The van der Waals surface area contributed by atoms with Crippen LogP contribution in [0, 0.1) is 0 Å². The topological polar surface area (TPSA) is 80.3 Å². The average Bonchev–Trinajstić information content (AvgIpc) is 3.16. The Morgan fingerprint density at radius 2 is 1.90 bits per heavy atom. The van der Waals surface area contributed by atoms with Crippen LogP contribution in [0.15, 0.2) is 48.7 Å². The summed E-state index contributed by atoms with van der Waals surface area (Å²) < 4.78 is 5.16. The molecule has 3 rings (SSSR count). The molecule has 0 fully saturated rings. The van der Waals surface area contributed by atoms with Crippen molar-refractivity contribution in [3.8, 4) is 5.75 Å². The van der Waals surface area contributed by atoms with Gasteiger partial charge in [-0.1, -0.05) is 35.3 Å². The molecule has 0 bridgehead atoms. The number of rotatable bonds is 8. The Balaban J connectivity index is 1.65. The van der Waals surface area contributed by atoms with Crippen LogP contribution in [0.2, 0.25) is 10.0 Å². The molecule has 0 aliphatic carbocycles. The van der Waals surface area contributed by atoms with Gasteiger partial charge in [-0.2, -0.15) is 0 Å². The van der Waals surface area contributed by atoms with Gasteiger partial charge in [0.25, 0.3) is 0 Å². The normalized spacial score (nSPS) is 11.6. The van der Waals surface area contributed by atoms with E-state index in [0.29, 0.717) is 27.3 Å². The summed E-state index contributed by atoms with van der Waals surface area (Å²) in [6, 6.07) is 12.1. The number of hydrogen-bond donors (Lipinski definition) is 2. The van der Waals surface area contributed by atoms with Gasteiger partial charge in [0.05, 0.1) is 19.6 Å². The van der Waals surface area contributed by atoms with Gasteiger partial charge >= 0.3 is 0 Å². The Labute approximate surface area is 194 Å². The van der Waals surface area contributed by atoms with E-state index in [4.69, 9.17) is 27.9 Å². The number of benzene rings is 2. The van der Waals surface area contributed by atoms with E-state index in [9.17, 15) is 9.59 Å². The van der Waals surface area contributed by atoms with E-state index < -0.39 is 6.04 Å². The summed E-state index contributed by atoms with van der Waals surface area (Å²) in [5.74, 6) is 0.227. The van der Waals surface area contributed by atoms with Crippen molar-refractivity contribution in [3.63, 3.8) is 0 Å². The first kappa shape index (κ1) is 23.1. The number of thiazole rings is 1. The molecule has 1 heterocycles. The number of aromatic nitrogens is 1. The smallest absolute Gasteiger partial charge is 0.228 e. The molecule has 0 saturated carbocycles. The first-order valence-corrected chi connectivity index (χ1v) is 11.0. The number of hydrogen-bond acceptors (Lipinski definition) is 5. The van der Waals surface area contributed by atoms with Gasteiger partial charge in [-0.05, 0) is 41.5 Å². The molecule has 9 heteroatoms. The van der Waals surface area contributed by atoms with Crippen molar-refractivity contribution >= 4 is 51.5 Å².